The molecule has 1 amide bonds. The lowest BCUT2D eigenvalue weighted by molar-refractivity contribution is 0.0953. The lowest BCUT2D eigenvalue weighted by atomic mass is 10.1. The molecule has 0 aliphatic carbocycles. The van der Waals surface area contributed by atoms with Crippen molar-refractivity contribution in [2.45, 2.75) is 25.8 Å². The topological polar surface area (TPSA) is 79.4 Å². The van der Waals surface area contributed by atoms with Gasteiger partial charge in [-0.3, -0.25) is 14.2 Å². The molecule has 0 radical (unpaired) electrons. The highest BCUT2D eigenvalue weighted by atomic mass is 32.1. The van der Waals surface area contributed by atoms with Crippen molar-refractivity contribution in [3.63, 3.8) is 0 Å². The molecule has 7 nitrogen and oxygen atoms in total. The van der Waals surface area contributed by atoms with Crippen LogP contribution in [-0.2, 0) is 17.7 Å². The van der Waals surface area contributed by atoms with Crippen molar-refractivity contribution >= 4 is 34.7 Å². The number of rotatable bonds is 10. The third kappa shape index (κ3) is 5.83. The fourth-order valence-electron chi connectivity index (χ4n) is 3.52. The van der Waals surface area contributed by atoms with Crippen LogP contribution in [0.25, 0.3) is 10.9 Å². The van der Waals surface area contributed by atoms with E-state index in [0.717, 1.165) is 12.8 Å². The molecule has 0 unspecified atom stereocenters. The first-order valence-electron chi connectivity index (χ1n) is 10.7. The van der Waals surface area contributed by atoms with Gasteiger partial charge in [-0.25, -0.2) is 0 Å². The number of H-pyrrole nitrogens is 1. The number of fused-ring (bicyclic) bond motifs is 1. The average molecular weight is 455 g/mol. The number of amides is 1. The predicted molar refractivity (Wildman–Crippen MR) is 131 cm³/mol. The molecule has 2 aromatic carbocycles. The fraction of sp³-hybridized carbons (Fsp3) is 0.375. The van der Waals surface area contributed by atoms with Crippen molar-refractivity contribution in [3.8, 4) is 0 Å². The highest BCUT2D eigenvalue weighted by molar-refractivity contribution is 7.71. The zero-order valence-electron chi connectivity index (χ0n) is 18.8. The van der Waals surface area contributed by atoms with Crippen LogP contribution < -0.4 is 15.8 Å². The molecule has 0 spiro atoms. The summed E-state index contributed by atoms with van der Waals surface area (Å²) in [5, 5.41) is 3.46. The monoisotopic (exact) mass is 454 g/mol. The van der Waals surface area contributed by atoms with E-state index in [1.807, 2.05) is 14.1 Å². The van der Waals surface area contributed by atoms with E-state index >= 15 is 0 Å². The number of ether oxygens (including phenoxy) is 1. The van der Waals surface area contributed by atoms with Crippen molar-refractivity contribution in [1.29, 1.82) is 0 Å². The van der Waals surface area contributed by atoms with Gasteiger partial charge in [0.05, 0.1) is 10.9 Å². The fourth-order valence-corrected chi connectivity index (χ4v) is 3.81. The second kappa shape index (κ2) is 11.1. The van der Waals surface area contributed by atoms with Gasteiger partial charge in [0.2, 0.25) is 0 Å². The van der Waals surface area contributed by atoms with Crippen LogP contribution in [0.1, 0.15) is 28.8 Å². The Kier molecular flexibility index (Phi) is 8.19. The van der Waals surface area contributed by atoms with E-state index in [1.54, 1.807) is 25.3 Å². The molecule has 0 aliphatic heterocycles. The average Bonchev–Trinajstić information content (AvgIpc) is 2.78. The van der Waals surface area contributed by atoms with Gasteiger partial charge in [0, 0.05) is 52.2 Å². The van der Waals surface area contributed by atoms with Crippen LogP contribution >= 0.6 is 12.2 Å². The van der Waals surface area contributed by atoms with Crippen LogP contribution in [0, 0.1) is 4.77 Å². The Bertz CT molecular complexity index is 1180. The molecule has 0 fully saturated rings. The highest BCUT2D eigenvalue weighted by Crippen LogP contribution is 2.14. The van der Waals surface area contributed by atoms with Gasteiger partial charge < -0.3 is 19.9 Å². The van der Waals surface area contributed by atoms with E-state index in [-0.39, 0.29) is 11.5 Å². The summed E-state index contributed by atoms with van der Waals surface area (Å²) < 4.78 is 6.92. The lowest BCUT2D eigenvalue weighted by Gasteiger charge is -2.12. The Morgan fingerprint density at radius 2 is 1.91 bits per heavy atom. The standard InChI is InChI=1S/C24H30N4O3S/c1-27(2)19-10-7-17(8-11-19)6-4-13-25-22(29)18-9-12-20-21(16-18)26-24(32)28(23(20)30)14-5-15-31-3/h7-12,16H,4-6,13-15H2,1-3H3,(H,25,29)(H,26,32). The quantitative estimate of drug-likeness (QED) is 0.362. The lowest BCUT2D eigenvalue weighted by Crippen LogP contribution is -2.26. The van der Waals surface area contributed by atoms with Crippen LogP contribution in [0.2, 0.25) is 0 Å². The van der Waals surface area contributed by atoms with Crippen LogP contribution in [0.5, 0.6) is 0 Å². The summed E-state index contributed by atoms with van der Waals surface area (Å²) in [7, 11) is 5.66. The van der Waals surface area contributed by atoms with E-state index < -0.39 is 0 Å². The Balaban J connectivity index is 1.61. The molecular formula is C24H30N4O3S. The molecule has 0 aliphatic rings. The molecule has 1 aromatic heterocycles. The molecule has 2 N–H and O–H groups in total. The summed E-state index contributed by atoms with van der Waals surface area (Å²) in [4.78, 5) is 30.5. The van der Waals surface area contributed by atoms with Crippen molar-refractivity contribution < 1.29 is 9.53 Å². The number of hydrogen-bond donors (Lipinski definition) is 2. The minimum atomic E-state index is -0.168. The van der Waals surface area contributed by atoms with Crippen LogP contribution in [0.4, 0.5) is 5.69 Å². The highest BCUT2D eigenvalue weighted by Gasteiger charge is 2.10. The Hall–Kier alpha value is -2.97. The van der Waals surface area contributed by atoms with Gasteiger partial charge in [-0.1, -0.05) is 12.1 Å². The van der Waals surface area contributed by atoms with Gasteiger partial charge in [-0.15, -0.1) is 0 Å². The molecule has 0 saturated carbocycles. The maximum atomic E-state index is 12.8. The summed E-state index contributed by atoms with van der Waals surface area (Å²) in [6.07, 6.45) is 2.43. The maximum Gasteiger partial charge on any atom is 0.262 e. The first kappa shape index (κ1) is 23.7. The van der Waals surface area contributed by atoms with Gasteiger partial charge in [-0.2, -0.15) is 0 Å². The molecule has 1 heterocycles. The second-order valence-corrected chi connectivity index (χ2v) is 8.30. The Morgan fingerprint density at radius 3 is 2.59 bits per heavy atom. The molecular weight excluding hydrogens is 424 g/mol. The number of nitrogens with one attached hydrogen (secondary N) is 2. The normalized spacial score (nSPS) is 11.0. The molecule has 32 heavy (non-hydrogen) atoms. The summed E-state index contributed by atoms with van der Waals surface area (Å²) >= 11 is 5.34. The van der Waals surface area contributed by atoms with Crippen molar-refractivity contribution in [2.75, 3.05) is 39.3 Å². The number of aromatic amines is 1. The second-order valence-electron chi connectivity index (χ2n) is 7.91. The number of benzene rings is 2. The molecule has 8 heteroatoms. The molecule has 0 saturated heterocycles. The van der Waals surface area contributed by atoms with E-state index in [2.05, 4.69) is 39.5 Å². The number of carbonyl (C=O) groups excluding carboxylic acids is 1. The smallest absolute Gasteiger partial charge is 0.262 e. The number of nitrogens with zero attached hydrogens (tertiary/aromatic N) is 2. The van der Waals surface area contributed by atoms with Crippen LogP contribution in [0.3, 0.4) is 0 Å². The summed E-state index contributed by atoms with van der Waals surface area (Å²) in [6, 6.07) is 13.5. The van der Waals surface area contributed by atoms with E-state index in [9.17, 15) is 9.59 Å². The van der Waals surface area contributed by atoms with Crippen molar-refractivity contribution in [1.82, 2.24) is 14.9 Å². The maximum absolute atomic E-state index is 12.8. The van der Waals surface area contributed by atoms with Gasteiger partial charge in [0.25, 0.3) is 11.5 Å². The zero-order chi connectivity index (χ0) is 23.1. The first-order chi connectivity index (χ1) is 15.4. The molecule has 0 atom stereocenters. The third-order valence-corrected chi connectivity index (χ3v) is 5.68. The van der Waals surface area contributed by atoms with E-state index in [4.69, 9.17) is 17.0 Å². The molecule has 3 aromatic rings. The van der Waals surface area contributed by atoms with Gasteiger partial charge in [0.1, 0.15) is 0 Å². The Morgan fingerprint density at radius 1 is 1.16 bits per heavy atom. The number of aromatic nitrogens is 2. The number of methoxy groups -OCH3 is 1. The van der Waals surface area contributed by atoms with E-state index in [0.29, 0.717) is 47.4 Å². The molecule has 170 valence electrons. The summed E-state index contributed by atoms with van der Waals surface area (Å²) in [5.74, 6) is -0.168. The van der Waals surface area contributed by atoms with E-state index in [1.165, 1.54) is 15.8 Å². The number of carbonyl (C=O) groups is 1. The van der Waals surface area contributed by atoms with Crippen LogP contribution in [0.15, 0.2) is 47.3 Å². The largest absolute Gasteiger partial charge is 0.385 e. The molecule has 3 rings (SSSR count). The minimum absolute atomic E-state index is 0.160. The van der Waals surface area contributed by atoms with Crippen molar-refractivity contribution in [3.05, 3.63) is 68.7 Å². The van der Waals surface area contributed by atoms with Crippen molar-refractivity contribution in [2.24, 2.45) is 0 Å². The number of hydrogen-bond acceptors (Lipinski definition) is 5. The summed E-state index contributed by atoms with van der Waals surface area (Å²) in [6.45, 7) is 1.61. The SMILES string of the molecule is COCCCn1c(=S)[nH]c2cc(C(=O)NCCCc3ccc(N(C)C)cc3)ccc2c1=O. The minimum Gasteiger partial charge on any atom is -0.385 e. The van der Waals surface area contributed by atoms with Crippen LogP contribution in [-0.4, -0.2) is 49.8 Å². The molecule has 0 bridgehead atoms. The first-order valence-corrected chi connectivity index (χ1v) is 11.1. The van der Waals surface area contributed by atoms with Gasteiger partial charge >= 0.3 is 0 Å². The number of aryl methyl sites for hydroxylation is 1. The number of anilines is 1. The third-order valence-electron chi connectivity index (χ3n) is 5.35. The predicted octanol–water partition coefficient (Wildman–Crippen LogP) is 3.52. The Labute approximate surface area is 193 Å². The van der Waals surface area contributed by atoms with Gasteiger partial charge in [0.15, 0.2) is 4.77 Å². The van der Waals surface area contributed by atoms with Gasteiger partial charge in [-0.05, 0) is 67.4 Å². The zero-order valence-corrected chi connectivity index (χ0v) is 19.6. The summed E-state index contributed by atoms with van der Waals surface area (Å²) in [5.41, 5.74) is 3.31.